The third-order valence-electron chi connectivity index (χ3n) is 19.8. The van der Waals surface area contributed by atoms with E-state index in [0.717, 1.165) is 131 Å². The second-order valence-electron chi connectivity index (χ2n) is 27.8. The minimum atomic E-state index is -0.322. The number of hydrogen-bond donors (Lipinski definition) is 2. The van der Waals surface area contributed by atoms with Crippen LogP contribution in [0.25, 0.3) is 0 Å². The van der Waals surface area contributed by atoms with E-state index in [4.69, 9.17) is 66.3 Å². The average Bonchev–Trinajstić information content (AvgIpc) is 0.794. The maximum absolute atomic E-state index is 13.1. The minimum absolute atomic E-state index is 0.0690. The number of piperidine rings is 2. The summed E-state index contributed by atoms with van der Waals surface area (Å²) in [4.78, 5) is 54.1. The van der Waals surface area contributed by atoms with Crippen LogP contribution in [0.5, 0.6) is 40.2 Å². The smallest absolute Gasteiger partial charge is 0.336 e. The second kappa shape index (κ2) is 54.4. The van der Waals surface area contributed by atoms with Gasteiger partial charge in [0.1, 0.15) is 60.1 Å². The van der Waals surface area contributed by atoms with Crippen molar-refractivity contribution in [3.05, 3.63) is 242 Å². The number of esters is 4. The molecule has 0 amide bonds. The third kappa shape index (κ3) is 33.0. The van der Waals surface area contributed by atoms with E-state index in [1.54, 1.807) is 49.6 Å². The molecule has 10 rings (SSSR count). The maximum atomic E-state index is 13.1. The minimum Gasteiger partial charge on any atom is -0.497 e. The van der Waals surface area contributed by atoms with Crippen LogP contribution >= 0.6 is 22.6 Å². The van der Waals surface area contributed by atoms with Crippen LogP contribution in [0.15, 0.2) is 205 Å². The molecular formula is C94H125IN4O18. The van der Waals surface area contributed by atoms with Crippen molar-refractivity contribution >= 4 is 46.5 Å². The van der Waals surface area contributed by atoms with E-state index in [0.29, 0.717) is 84.7 Å². The van der Waals surface area contributed by atoms with Crippen LogP contribution in [0.1, 0.15) is 139 Å². The molecule has 3 aliphatic heterocycles. The highest BCUT2D eigenvalue weighted by Crippen LogP contribution is 2.41. The molecule has 2 N–H and O–H groups in total. The fourth-order valence-corrected chi connectivity index (χ4v) is 14.2. The Morgan fingerprint density at radius 3 is 1.44 bits per heavy atom. The molecule has 7 aromatic rings. The molecule has 0 aliphatic carbocycles. The lowest BCUT2D eigenvalue weighted by Crippen LogP contribution is -2.49. The molecule has 0 bridgehead atoms. The van der Waals surface area contributed by atoms with E-state index in [2.05, 4.69) is 87.2 Å². The van der Waals surface area contributed by atoms with Gasteiger partial charge in [0.2, 0.25) is 0 Å². The maximum Gasteiger partial charge on any atom is 0.336 e. The number of carbonyl (C=O) groups excluding carboxylic acids is 4. The Kier molecular flexibility index (Phi) is 44.7. The number of ether oxygens (including phenoxy) is 14. The highest BCUT2D eigenvalue weighted by molar-refractivity contribution is 14.1. The molecule has 23 heteroatoms. The lowest BCUT2D eigenvalue weighted by molar-refractivity contribution is -0.153. The number of carbonyl (C=O) groups is 4. The first-order chi connectivity index (χ1) is 56.8. The zero-order chi connectivity index (χ0) is 84.7. The largest absolute Gasteiger partial charge is 0.497 e. The van der Waals surface area contributed by atoms with Crippen LogP contribution < -0.4 is 43.8 Å². The number of unbranched alkanes of at least 4 members (excludes halogenated alkanes) is 1. The van der Waals surface area contributed by atoms with Crippen LogP contribution in [0.2, 0.25) is 0 Å². The number of allylic oxidation sites excluding steroid dienone is 3. The van der Waals surface area contributed by atoms with Crippen molar-refractivity contribution in [2.45, 2.75) is 137 Å². The van der Waals surface area contributed by atoms with Crippen molar-refractivity contribution in [1.29, 1.82) is 0 Å². The normalized spacial score (nSPS) is 17.5. The fourth-order valence-electron chi connectivity index (χ4n) is 13.6. The zero-order valence-corrected chi connectivity index (χ0v) is 73.4. The van der Waals surface area contributed by atoms with Crippen molar-refractivity contribution in [3.63, 3.8) is 0 Å². The van der Waals surface area contributed by atoms with E-state index in [-0.39, 0.29) is 65.6 Å². The van der Waals surface area contributed by atoms with Crippen molar-refractivity contribution in [2.75, 3.05) is 128 Å². The topological polar surface area (TPSA) is 228 Å². The number of hydrogen-bond acceptors (Lipinski definition) is 22. The van der Waals surface area contributed by atoms with Gasteiger partial charge in [0.15, 0.2) is 0 Å². The molecule has 0 radical (unpaired) electrons. The second-order valence-corrected chi connectivity index (χ2v) is 29.1. The molecule has 1 unspecified atom stereocenters. The van der Waals surface area contributed by atoms with Crippen LogP contribution in [-0.2, 0) is 72.0 Å². The molecule has 0 spiro atoms. The lowest BCUT2D eigenvalue weighted by Gasteiger charge is -2.43. The Balaban J connectivity index is 0.000000236. The Bertz CT molecular complexity index is 4140. The number of benzene rings is 7. The summed E-state index contributed by atoms with van der Waals surface area (Å²) in [5, 5.41) is 6.52. The molecule has 7 atom stereocenters. The van der Waals surface area contributed by atoms with Crippen LogP contribution in [0.4, 0.5) is 0 Å². The van der Waals surface area contributed by atoms with Gasteiger partial charge in [-0.05, 0) is 235 Å². The number of likely N-dealkylation sites (tertiary alicyclic amines) is 1. The number of nitrogens with zero attached hydrogens (tertiary/aromatic N) is 2. The van der Waals surface area contributed by atoms with Crippen molar-refractivity contribution in [2.24, 2.45) is 11.8 Å². The summed E-state index contributed by atoms with van der Waals surface area (Å²) in [6, 6.07) is 56.0. The van der Waals surface area contributed by atoms with E-state index < -0.39 is 0 Å². The first-order valence-electron chi connectivity index (χ1n) is 40.4. The molecule has 0 aromatic heterocycles. The Morgan fingerprint density at radius 1 is 0.504 bits per heavy atom. The molecule has 2 fully saturated rings. The van der Waals surface area contributed by atoms with Crippen LogP contribution in [-0.4, -0.2) is 174 Å². The van der Waals surface area contributed by atoms with Gasteiger partial charge >= 0.3 is 23.9 Å². The molecule has 3 aliphatic rings. The summed E-state index contributed by atoms with van der Waals surface area (Å²) in [5.41, 5.74) is 9.00. The van der Waals surface area contributed by atoms with Gasteiger partial charge in [-0.25, -0.2) is 9.59 Å². The Hall–Kier alpha value is -9.63. The highest BCUT2D eigenvalue weighted by atomic mass is 127. The molecule has 22 nitrogen and oxygen atoms in total. The number of methoxy groups -OCH3 is 6. The van der Waals surface area contributed by atoms with Crippen LogP contribution in [0.3, 0.4) is 0 Å². The molecular weight excluding hydrogens is 1600 g/mol. The third-order valence-corrected chi connectivity index (χ3v) is 20.5. The van der Waals surface area contributed by atoms with Gasteiger partial charge in [-0.15, -0.1) is 0 Å². The summed E-state index contributed by atoms with van der Waals surface area (Å²) in [7, 11) is 9.93. The van der Waals surface area contributed by atoms with E-state index >= 15 is 0 Å². The van der Waals surface area contributed by atoms with Gasteiger partial charge in [0, 0.05) is 98.0 Å². The van der Waals surface area contributed by atoms with Crippen molar-refractivity contribution < 1.29 is 85.5 Å². The van der Waals surface area contributed by atoms with Crippen molar-refractivity contribution in [1.82, 2.24) is 20.4 Å². The first kappa shape index (κ1) is 96.2. The molecule has 636 valence electrons. The summed E-state index contributed by atoms with van der Waals surface area (Å²) < 4.78 is 75.6. The van der Waals surface area contributed by atoms with E-state index in [1.165, 1.54) is 15.2 Å². The number of halogens is 1. The number of rotatable bonds is 37. The van der Waals surface area contributed by atoms with Gasteiger partial charge in [0.05, 0.1) is 91.6 Å². The zero-order valence-electron chi connectivity index (χ0n) is 71.2. The predicted molar refractivity (Wildman–Crippen MR) is 466 cm³/mol. The van der Waals surface area contributed by atoms with Gasteiger partial charge in [-0.2, -0.15) is 0 Å². The summed E-state index contributed by atoms with van der Waals surface area (Å²) in [6.07, 6.45) is 9.48. The molecule has 7 aromatic carbocycles. The summed E-state index contributed by atoms with van der Waals surface area (Å²) >= 11 is 2.26. The average molecular weight is 1730 g/mol. The number of nitrogens with one attached hydrogen (secondary N) is 2. The highest BCUT2D eigenvalue weighted by Gasteiger charge is 2.42. The SMILES string of the molecule is CCCCOc1cccc([C@H]2CCN(Cc3ccc(OC)cc3)[C@@H](C)[C@H]2C(=O)OCC)c1.CCOC(=O)/C=C(/C)NCc1ccc(OC)cc1.CCOC(=O)C1=C(C)N(Cc2ccc(OC)cc2)C=CC1c1cccc(OCCOC)c1.CCOC(=O)[C@@H]1[C@H](C)NCC[C@@H]1c1cccc(OCCOC)c1.COCCOc1cccc(I)c1. The molecule has 0 saturated carbocycles. The quantitative estimate of drug-likeness (QED) is 0.0121. The van der Waals surface area contributed by atoms with Gasteiger partial charge in [0.25, 0.3) is 0 Å². The summed E-state index contributed by atoms with van der Waals surface area (Å²) in [5.74, 6) is 4.65. The first-order valence-corrected chi connectivity index (χ1v) is 41.5. The van der Waals surface area contributed by atoms with Crippen molar-refractivity contribution in [3.8, 4) is 40.2 Å². The molecule has 2 saturated heterocycles. The van der Waals surface area contributed by atoms with Gasteiger partial charge in [-0.1, -0.05) is 98.3 Å². The Morgan fingerprint density at radius 2 is 0.957 bits per heavy atom. The van der Waals surface area contributed by atoms with E-state index in [9.17, 15) is 19.2 Å². The molecule has 3 heterocycles. The lowest BCUT2D eigenvalue weighted by atomic mass is 9.76. The summed E-state index contributed by atoms with van der Waals surface area (Å²) in [6.45, 7) is 26.9. The monoisotopic (exact) mass is 1720 g/mol. The van der Waals surface area contributed by atoms with Gasteiger partial charge in [-0.3, -0.25) is 14.5 Å². The van der Waals surface area contributed by atoms with E-state index in [1.807, 2.05) is 193 Å². The Labute approximate surface area is 708 Å². The standard InChI is InChI=1S/C27H37NO4.C26H31NO5.C18H27NO4.C14H19NO3.C9H11IO2/c1-5-7-17-32-24-10-8-9-22(18-24)25-15-16-28(20(3)26(25)27(29)31-6-2)19-21-11-13-23(30-4)14-12-21;1-5-31-26(28)25-19(2)27(18-20-9-11-22(30-4)12-10-20)14-13-24(25)21-7-6-8-23(17-21)32-16-15-29-3;1-4-22-18(20)17-13(2)19-9-8-16(17)14-6-5-7-15(12-14)23-11-10-21-3;1-4-18-14(16)9-11(2)15-10-12-5-7-13(17-3)8-6-12;1-11-5-6-12-9-4-2-3-8(10)7-9/h8-14,18,20,25-26H,5-7,15-17,19H2,1-4H3;6-14,17,24H,5,15-16,18H2,1-4H3;5-7,12-13,16-17,19H,4,8-11H2,1-3H3;5-9,15H,4,10H2,1-3H3;2-4,7H,5-6H2,1H3/b;;;11-9-;/t20-,25+,26+;;13-,16+,17+;;/m0.0../s1. The predicted octanol–water partition coefficient (Wildman–Crippen LogP) is 17.0. The molecule has 117 heavy (non-hydrogen) atoms. The van der Waals surface area contributed by atoms with Crippen LogP contribution in [0, 0.1) is 15.4 Å². The van der Waals surface area contributed by atoms with Gasteiger partial charge < -0.3 is 81.8 Å². The fraction of sp³-hybridized carbons (Fsp3) is 0.447.